The summed E-state index contributed by atoms with van der Waals surface area (Å²) >= 11 is 0. The average Bonchev–Trinajstić information content (AvgIpc) is 2.94. The number of benzene rings is 1. The molecule has 0 aliphatic rings. The van der Waals surface area contributed by atoms with Crippen molar-refractivity contribution in [3.8, 4) is 0 Å². The molecule has 7 nitrogen and oxygen atoms in total. The Morgan fingerprint density at radius 3 is 2.73 bits per heavy atom. The van der Waals surface area contributed by atoms with Crippen LogP contribution in [0.2, 0.25) is 0 Å². The maximum atomic E-state index is 5.58. The van der Waals surface area contributed by atoms with Gasteiger partial charge >= 0.3 is 0 Å². The van der Waals surface area contributed by atoms with Crippen molar-refractivity contribution < 1.29 is 9.47 Å². The summed E-state index contributed by atoms with van der Waals surface area (Å²) < 4.78 is 12.9. The van der Waals surface area contributed by atoms with Gasteiger partial charge in [-0.15, -0.1) is 0 Å². The van der Waals surface area contributed by atoms with E-state index in [1.165, 1.54) is 0 Å². The number of imidazole rings is 1. The number of nitrogens with two attached hydrogens (primary N) is 1. The summed E-state index contributed by atoms with van der Waals surface area (Å²) in [4.78, 5) is 12.2. The summed E-state index contributed by atoms with van der Waals surface area (Å²) in [6.45, 7) is 1.95. The first-order valence-electron chi connectivity index (χ1n) is 6.96. The van der Waals surface area contributed by atoms with Crippen molar-refractivity contribution in [3.05, 3.63) is 48.4 Å². The molecule has 7 heteroatoms. The predicted octanol–water partition coefficient (Wildman–Crippen LogP) is 1.60. The molecule has 0 unspecified atom stereocenters. The number of rotatable bonds is 7. The van der Waals surface area contributed by atoms with Crippen molar-refractivity contribution in [2.75, 3.05) is 18.9 Å². The summed E-state index contributed by atoms with van der Waals surface area (Å²) in [5.41, 5.74) is 8.08. The Hall–Kier alpha value is -2.51. The summed E-state index contributed by atoms with van der Waals surface area (Å²) in [5, 5.41) is 0. The minimum Gasteiger partial charge on any atom is -0.374 e. The van der Waals surface area contributed by atoms with E-state index in [9.17, 15) is 0 Å². The molecule has 22 heavy (non-hydrogen) atoms. The third-order valence-corrected chi connectivity index (χ3v) is 3.09. The van der Waals surface area contributed by atoms with Gasteiger partial charge in [-0.3, -0.25) is 4.57 Å². The maximum absolute atomic E-state index is 5.58. The Kier molecular flexibility index (Phi) is 4.57. The second-order valence-corrected chi connectivity index (χ2v) is 4.73. The first kappa shape index (κ1) is 14.4. The summed E-state index contributed by atoms with van der Waals surface area (Å²) in [6.07, 6.45) is 3.25. The highest BCUT2D eigenvalue weighted by Crippen LogP contribution is 2.09. The van der Waals surface area contributed by atoms with E-state index in [1.807, 2.05) is 30.3 Å². The molecule has 2 aromatic heterocycles. The molecule has 2 heterocycles. The van der Waals surface area contributed by atoms with Gasteiger partial charge in [0.25, 0.3) is 0 Å². The van der Waals surface area contributed by atoms with Crippen LogP contribution in [0, 0.1) is 0 Å². The SMILES string of the molecule is Nc1ncc2ncn(COCCOCc3ccccc3)c2n1. The van der Waals surface area contributed by atoms with Crippen molar-refractivity contribution in [1.82, 2.24) is 19.5 Å². The normalized spacial score (nSPS) is 11.1. The molecule has 0 aliphatic carbocycles. The van der Waals surface area contributed by atoms with E-state index in [2.05, 4.69) is 15.0 Å². The van der Waals surface area contributed by atoms with Crippen molar-refractivity contribution in [3.63, 3.8) is 0 Å². The number of nitrogen functional groups attached to an aromatic ring is 1. The van der Waals surface area contributed by atoms with Crippen molar-refractivity contribution in [2.45, 2.75) is 13.3 Å². The van der Waals surface area contributed by atoms with Gasteiger partial charge in [0.1, 0.15) is 12.2 Å². The highest BCUT2D eigenvalue weighted by atomic mass is 16.5. The van der Waals surface area contributed by atoms with Gasteiger partial charge in [0.2, 0.25) is 5.95 Å². The van der Waals surface area contributed by atoms with Crippen LogP contribution in [0.15, 0.2) is 42.9 Å². The molecule has 0 radical (unpaired) electrons. The zero-order valence-electron chi connectivity index (χ0n) is 12.1. The molecule has 0 bridgehead atoms. The lowest BCUT2D eigenvalue weighted by atomic mass is 10.2. The van der Waals surface area contributed by atoms with Gasteiger partial charge in [0.15, 0.2) is 5.65 Å². The van der Waals surface area contributed by atoms with Crippen LogP contribution in [0.3, 0.4) is 0 Å². The van der Waals surface area contributed by atoms with E-state index in [-0.39, 0.29) is 5.95 Å². The lowest BCUT2D eigenvalue weighted by molar-refractivity contribution is 0.0147. The van der Waals surface area contributed by atoms with Crippen LogP contribution in [0.5, 0.6) is 0 Å². The Balaban J connectivity index is 1.42. The number of nitrogens with zero attached hydrogens (tertiary/aromatic N) is 4. The molecule has 114 valence electrons. The highest BCUT2D eigenvalue weighted by molar-refractivity contribution is 5.70. The van der Waals surface area contributed by atoms with Crippen molar-refractivity contribution >= 4 is 17.1 Å². The molecule has 0 fully saturated rings. The Morgan fingerprint density at radius 2 is 1.86 bits per heavy atom. The fourth-order valence-corrected chi connectivity index (χ4v) is 2.01. The van der Waals surface area contributed by atoms with Crippen molar-refractivity contribution in [2.24, 2.45) is 0 Å². The third kappa shape index (κ3) is 3.57. The zero-order chi connectivity index (χ0) is 15.2. The van der Waals surface area contributed by atoms with Crippen molar-refractivity contribution in [1.29, 1.82) is 0 Å². The number of hydrogen-bond acceptors (Lipinski definition) is 6. The molecule has 0 spiro atoms. The molecule has 2 N–H and O–H groups in total. The molecule has 3 rings (SSSR count). The second-order valence-electron chi connectivity index (χ2n) is 4.73. The smallest absolute Gasteiger partial charge is 0.222 e. The lowest BCUT2D eigenvalue weighted by Gasteiger charge is -2.07. The second kappa shape index (κ2) is 6.97. The molecule has 0 saturated carbocycles. The standard InChI is InChI=1S/C15H17N5O2/c16-15-17-8-13-14(19-15)20(10-18-13)11-22-7-6-21-9-12-4-2-1-3-5-12/h1-5,8,10H,6-7,9,11H2,(H2,16,17,19). The first-order valence-corrected chi connectivity index (χ1v) is 6.96. The summed E-state index contributed by atoms with van der Waals surface area (Å²) in [5.74, 6) is 0.223. The van der Waals surface area contributed by atoms with Crippen LogP contribution < -0.4 is 5.73 Å². The number of aromatic nitrogens is 4. The fraction of sp³-hybridized carbons (Fsp3) is 0.267. The predicted molar refractivity (Wildman–Crippen MR) is 81.8 cm³/mol. The van der Waals surface area contributed by atoms with Crippen LogP contribution >= 0.6 is 0 Å². The number of hydrogen-bond donors (Lipinski definition) is 1. The minimum atomic E-state index is 0.223. The fourth-order valence-electron chi connectivity index (χ4n) is 2.01. The monoisotopic (exact) mass is 299 g/mol. The maximum Gasteiger partial charge on any atom is 0.222 e. The van der Waals surface area contributed by atoms with Crippen LogP contribution in [-0.4, -0.2) is 32.7 Å². The number of anilines is 1. The van der Waals surface area contributed by atoms with Gasteiger partial charge in [-0.1, -0.05) is 30.3 Å². The van der Waals surface area contributed by atoms with Crippen LogP contribution in [0.4, 0.5) is 5.95 Å². The van der Waals surface area contributed by atoms with E-state index < -0.39 is 0 Å². The third-order valence-electron chi connectivity index (χ3n) is 3.09. The van der Waals surface area contributed by atoms with E-state index in [0.29, 0.717) is 37.7 Å². The number of fused-ring (bicyclic) bond motifs is 1. The van der Waals surface area contributed by atoms with Crippen LogP contribution in [0.1, 0.15) is 5.56 Å². The largest absolute Gasteiger partial charge is 0.374 e. The van der Waals surface area contributed by atoms with E-state index in [1.54, 1.807) is 17.1 Å². The Bertz CT molecular complexity index is 729. The van der Waals surface area contributed by atoms with E-state index >= 15 is 0 Å². The van der Waals surface area contributed by atoms with E-state index in [4.69, 9.17) is 15.2 Å². The quantitative estimate of drug-likeness (QED) is 0.667. The molecule has 3 aromatic rings. The molecule has 0 amide bonds. The highest BCUT2D eigenvalue weighted by Gasteiger charge is 2.05. The summed E-state index contributed by atoms with van der Waals surface area (Å²) in [7, 11) is 0. The minimum absolute atomic E-state index is 0.223. The Morgan fingerprint density at radius 1 is 1.05 bits per heavy atom. The van der Waals surface area contributed by atoms with Gasteiger partial charge in [0, 0.05) is 0 Å². The molecule has 0 atom stereocenters. The lowest BCUT2D eigenvalue weighted by Crippen LogP contribution is -2.08. The van der Waals surface area contributed by atoms with Gasteiger partial charge in [0.05, 0.1) is 32.3 Å². The first-order chi connectivity index (χ1) is 10.8. The Labute approximate surface area is 127 Å². The molecular formula is C15H17N5O2. The molecule has 0 saturated heterocycles. The van der Waals surface area contributed by atoms with Gasteiger partial charge in [-0.2, -0.15) is 4.98 Å². The van der Waals surface area contributed by atoms with Gasteiger partial charge in [-0.05, 0) is 5.56 Å². The van der Waals surface area contributed by atoms with Crippen LogP contribution in [-0.2, 0) is 22.8 Å². The molecular weight excluding hydrogens is 282 g/mol. The molecule has 0 aliphatic heterocycles. The average molecular weight is 299 g/mol. The van der Waals surface area contributed by atoms with Gasteiger partial charge in [-0.25, -0.2) is 9.97 Å². The van der Waals surface area contributed by atoms with E-state index in [0.717, 1.165) is 5.56 Å². The molecule has 1 aromatic carbocycles. The zero-order valence-corrected chi connectivity index (χ0v) is 12.1. The summed E-state index contributed by atoms with van der Waals surface area (Å²) in [6, 6.07) is 10.0. The number of ether oxygens (including phenoxy) is 2. The van der Waals surface area contributed by atoms with Gasteiger partial charge < -0.3 is 15.2 Å². The van der Waals surface area contributed by atoms with Crippen LogP contribution in [0.25, 0.3) is 11.2 Å². The topological polar surface area (TPSA) is 88.1 Å².